The van der Waals surface area contributed by atoms with Crippen molar-refractivity contribution in [3.05, 3.63) is 48.6 Å². The van der Waals surface area contributed by atoms with Crippen molar-refractivity contribution in [3.63, 3.8) is 0 Å². The number of phosphoric acid groups is 1. The molecule has 0 heterocycles. The second-order valence-corrected chi connectivity index (χ2v) is 11.7. The highest BCUT2D eigenvalue weighted by Gasteiger charge is 2.22. The highest BCUT2D eigenvalue weighted by molar-refractivity contribution is 7.46. The van der Waals surface area contributed by atoms with Gasteiger partial charge in [-0.1, -0.05) is 108 Å². The molecule has 0 amide bonds. The van der Waals surface area contributed by atoms with Crippen LogP contribution in [0.15, 0.2) is 48.6 Å². The Hall–Kier alpha value is -2.32. The normalized spacial score (nSPS) is 13.0. The molecule has 0 aliphatic rings. The summed E-state index contributed by atoms with van der Waals surface area (Å²) in [5, 5.41) is 0. The molecule has 43 heavy (non-hydrogen) atoms. The summed E-state index contributed by atoms with van der Waals surface area (Å²) < 4.78 is 26.0. The van der Waals surface area contributed by atoms with Crippen molar-refractivity contribution in [2.75, 3.05) is 13.2 Å². The fraction of sp³-hybridized carbons (Fsp3) is 0.667. The Morgan fingerprint density at radius 2 is 1.26 bits per heavy atom. The van der Waals surface area contributed by atoms with Gasteiger partial charge in [0.05, 0.1) is 6.61 Å². The van der Waals surface area contributed by atoms with Crippen LogP contribution in [0.3, 0.4) is 0 Å². The van der Waals surface area contributed by atoms with Gasteiger partial charge in [0.25, 0.3) is 0 Å². The van der Waals surface area contributed by atoms with Gasteiger partial charge in [-0.2, -0.15) is 0 Å². The zero-order valence-electron chi connectivity index (χ0n) is 26.3. The number of esters is 2. The summed E-state index contributed by atoms with van der Waals surface area (Å²) in [4.78, 5) is 53.9. The van der Waals surface area contributed by atoms with Crippen LogP contribution in [0, 0.1) is 0 Å². The minimum atomic E-state index is -4.77. The number of carbonyl (C=O) groups excluding carboxylic acids is 3. The minimum absolute atomic E-state index is 0.109. The summed E-state index contributed by atoms with van der Waals surface area (Å²) >= 11 is 0. The van der Waals surface area contributed by atoms with Gasteiger partial charge < -0.3 is 19.3 Å². The summed E-state index contributed by atoms with van der Waals surface area (Å²) in [5.41, 5.74) is 0. The van der Waals surface area contributed by atoms with Crippen molar-refractivity contribution in [2.45, 2.75) is 129 Å². The number of ether oxygens (including phenoxy) is 2. The summed E-state index contributed by atoms with van der Waals surface area (Å²) in [6.45, 7) is 3.38. The van der Waals surface area contributed by atoms with Crippen molar-refractivity contribution in [1.29, 1.82) is 0 Å². The van der Waals surface area contributed by atoms with E-state index in [1.165, 1.54) is 19.3 Å². The van der Waals surface area contributed by atoms with Crippen LogP contribution < -0.4 is 0 Å². The molecule has 0 unspecified atom stereocenters. The molecule has 0 aromatic heterocycles. The molecule has 10 heteroatoms. The van der Waals surface area contributed by atoms with E-state index in [4.69, 9.17) is 19.3 Å². The molecule has 2 N–H and O–H groups in total. The Kier molecular flexibility index (Phi) is 26.9. The van der Waals surface area contributed by atoms with Gasteiger partial charge in [-0.05, 0) is 44.6 Å². The van der Waals surface area contributed by atoms with E-state index in [2.05, 4.69) is 18.4 Å². The molecule has 0 aromatic carbocycles. The second-order valence-electron chi connectivity index (χ2n) is 10.5. The maximum atomic E-state index is 12.2. The third-order valence-corrected chi connectivity index (χ3v) is 6.81. The molecular weight excluding hydrogens is 571 g/mol. The van der Waals surface area contributed by atoms with E-state index < -0.39 is 32.5 Å². The van der Waals surface area contributed by atoms with Gasteiger partial charge >= 0.3 is 19.8 Å². The molecule has 0 radical (unpaired) electrons. The molecule has 0 aliphatic heterocycles. The lowest BCUT2D eigenvalue weighted by molar-refractivity contribution is -0.161. The zero-order valence-corrected chi connectivity index (χ0v) is 27.2. The molecule has 0 saturated heterocycles. The van der Waals surface area contributed by atoms with E-state index in [-0.39, 0.29) is 25.2 Å². The fourth-order valence-corrected chi connectivity index (χ4v) is 4.27. The fourth-order valence-electron chi connectivity index (χ4n) is 3.91. The first-order valence-electron chi connectivity index (χ1n) is 15.9. The standard InChI is InChI=1S/C33H55O9P/c1-3-5-7-8-14-18-22-26-32(35)40-28-31(29-41-43(37,38)39)42-33(36)27-23-19-16-13-11-9-10-12-15-17-21-25-30(34)24-20-6-4-2/h9-10,13,15-17,21,25,31H,3-8,11-12,14,18-20,22-24,26-29H2,1-2H3,(H2,37,38,39)/b10-9-,16-13-,17-15-,25-21+/t31-/m1/s1. The first-order valence-corrected chi connectivity index (χ1v) is 17.4. The van der Waals surface area contributed by atoms with E-state index in [1.54, 1.807) is 12.2 Å². The van der Waals surface area contributed by atoms with Crippen LogP contribution in [0.5, 0.6) is 0 Å². The first-order chi connectivity index (χ1) is 20.7. The van der Waals surface area contributed by atoms with Gasteiger partial charge in [-0.3, -0.25) is 18.9 Å². The Morgan fingerprint density at radius 3 is 1.95 bits per heavy atom. The van der Waals surface area contributed by atoms with Crippen LogP contribution in [0.1, 0.15) is 123 Å². The topological polar surface area (TPSA) is 136 Å². The lowest BCUT2D eigenvalue weighted by Gasteiger charge is -2.18. The average Bonchev–Trinajstić information content (AvgIpc) is 2.96. The van der Waals surface area contributed by atoms with Crippen LogP contribution in [0.2, 0.25) is 0 Å². The van der Waals surface area contributed by atoms with Gasteiger partial charge in [0.2, 0.25) is 0 Å². The Labute approximate surface area is 259 Å². The number of hydrogen-bond acceptors (Lipinski definition) is 7. The zero-order chi connectivity index (χ0) is 32.0. The molecule has 0 aromatic rings. The van der Waals surface area contributed by atoms with Crippen molar-refractivity contribution in [3.8, 4) is 0 Å². The minimum Gasteiger partial charge on any atom is -0.462 e. The number of hydrogen-bond donors (Lipinski definition) is 2. The maximum Gasteiger partial charge on any atom is 0.469 e. The van der Waals surface area contributed by atoms with E-state index in [9.17, 15) is 18.9 Å². The number of rotatable bonds is 28. The lowest BCUT2D eigenvalue weighted by atomic mass is 10.1. The maximum absolute atomic E-state index is 12.2. The summed E-state index contributed by atoms with van der Waals surface area (Å²) in [6, 6.07) is 0. The molecule has 9 nitrogen and oxygen atoms in total. The summed E-state index contributed by atoms with van der Waals surface area (Å²) in [7, 11) is -4.77. The Bertz CT molecular complexity index is 902. The van der Waals surface area contributed by atoms with Crippen molar-refractivity contribution in [2.24, 2.45) is 0 Å². The van der Waals surface area contributed by atoms with Crippen LogP contribution in [-0.4, -0.2) is 46.8 Å². The number of unbranched alkanes of at least 4 members (excludes halogenated alkanes) is 9. The first kappa shape index (κ1) is 40.7. The van der Waals surface area contributed by atoms with Gasteiger partial charge in [-0.15, -0.1) is 0 Å². The summed E-state index contributed by atoms with van der Waals surface area (Å²) in [6.07, 6.45) is 28.5. The van der Waals surface area contributed by atoms with Gasteiger partial charge in [0.1, 0.15) is 6.61 Å². The molecule has 246 valence electrons. The Balaban J connectivity index is 4.20. The summed E-state index contributed by atoms with van der Waals surface area (Å²) in [5.74, 6) is -0.836. The molecule has 0 spiro atoms. The molecule has 0 bridgehead atoms. The molecular formula is C33H55O9P. The monoisotopic (exact) mass is 626 g/mol. The van der Waals surface area contributed by atoms with Gasteiger partial charge in [0, 0.05) is 19.3 Å². The molecule has 0 aliphatic carbocycles. The van der Waals surface area contributed by atoms with Crippen LogP contribution in [0.25, 0.3) is 0 Å². The molecule has 0 fully saturated rings. The third-order valence-electron chi connectivity index (χ3n) is 6.33. The van der Waals surface area contributed by atoms with Gasteiger partial charge in [-0.25, -0.2) is 4.57 Å². The van der Waals surface area contributed by atoms with E-state index in [0.717, 1.165) is 51.4 Å². The quantitative estimate of drug-likeness (QED) is 0.0221. The largest absolute Gasteiger partial charge is 0.469 e. The smallest absolute Gasteiger partial charge is 0.462 e. The van der Waals surface area contributed by atoms with Crippen molar-refractivity contribution in [1.82, 2.24) is 0 Å². The second kappa shape index (κ2) is 28.5. The van der Waals surface area contributed by atoms with Crippen molar-refractivity contribution < 1.29 is 42.7 Å². The van der Waals surface area contributed by atoms with E-state index in [0.29, 0.717) is 25.7 Å². The number of allylic oxidation sites excluding steroid dienone is 8. The third kappa shape index (κ3) is 30.9. The molecule has 0 saturated carbocycles. The average molecular weight is 627 g/mol. The lowest BCUT2D eigenvalue weighted by Crippen LogP contribution is -2.29. The predicted octanol–water partition coefficient (Wildman–Crippen LogP) is 8.02. The van der Waals surface area contributed by atoms with Crippen LogP contribution in [0.4, 0.5) is 0 Å². The van der Waals surface area contributed by atoms with E-state index in [1.807, 2.05) is 36.5 Å². The van der Waals surface area contributed by atoms with E-state index >= 15 is 0 Å². The van der Waals surface area contributed by atoms with Gasteiger partial charge in [0.15, 0.2) is 11.9 Å². The SMILES string of the molecule is CCCCCCCCCC(=O)OC[C@H](COP(=O)(O)O)OC(=O)CCC/C=C\C/C=C\C/C=C\C=C\C(=O)CCCCC. The number of phosphoric ester groups is 1. The number of ketones is 1. The Morgan fingerprint density at radius 1 is 0.674 bits per heavy atom. The predicted molar refractivity (Wildman–Crippen MR) is 170 cm³/mol. The highest BCUT2D eigenvalue weighted by atomic mass is 31.2. The van der Waals surface area contributed by atoms with Crippen LogP contribution in [-0.2, 0) is 32.9 Å². The molecule has 1 atom stereocenters. The van der Waals surface area contributed by atoms with Crippen LogP contribution >= 0.6 is 7.82 Å². The number of carbonyl (C=O) groups is 3. The molecule has 0 rings (SSSR count). The highest BCUT2D eigenvalue weighted by Crippen LogP contribution is 2.35. The van der Waals surface area contributed by atoms with Crippen molar-refractivity contribution >= 4 is 25.5 Å².